The molecule has 12 heteroatoms. The van der Waals surface area contributed by atoms with Crippen LogP contribution >= 0.6 is 0 Å². The van der Waals surface area contributed by atoms with E-state index in [1.807, 2.05) is 0 Å². The molecule has 0 saturated heterocycles. The number of aromatic amines is 1. The maximum absolute atomic E-state index is 13.6. The van der Waals surface area contributed by atoms with Crippen LogP contribution in [0, 0.1) is 12.7 Å². The summed E-state index contributed by atoms with van der Waals surface area (Å²) in [6, 6.07) is 10.8. The second-order valence-electron chi connectivity index (χ2n) is 6.86. The molecular weight excluding hydrogens is 437 g/mol. The Kier molecular flexibility index (Phi) is 5.74. The van der Waals surface area contributed by atoms with Crippen molar-refractivity contribution in [3.63, 3.8) is 0 Å². The van der Waals surface area contributed by atoms with Gasteiger partial charge in [0.15, 0.2) is 5.82 Å². The Morgan fingerprint density at radius 2 is 1.94 bits per heavy atom. The van der Waals surface area contributed by atoms with Gasteiger partial charge in [-0.15, -0.1) is 0 Å². The molecule has 0 radical (unpaired) electrons. The smallest absolute Gasteiger partial charge is 0.265 e. The van der Waals surface area contributed by atoms with Crippen molar-refractivity contribution >= 4 is 44.2 Å². The number of aryl methyl sites for hydroxylation is 1. The van der Waals surface area contributed by atoms with E-state index in [1.54, 1.807) is 31.2 Å². The van der Waals surface area contributed by atoms with Crippen LogP contribution in [-0.4, -0.2) is 47.2 Å². The molecule has 10 nitrogen and oxygen atoms in total. The van der Waals surface area contributed by atoms with Gasteiger partial charge < -0.3 is 10.6 Å². The zero-order chi connectivity index (χ0) is 22.9. The van der Waals surface area contributed by atoms with Gasteiger partial charge in [-0.25, -0.2) is 17.8 Å². The van der Waals surface area contributed by atoms with Crippen LogP contribution < -0.4 is 10.6 Å². The molecule has 0 unspecified atom stereocenters. The van der Waals surface area contributed by atoms with Gasteiger partial charge in [-0.1, -0.05) is 10.5 Å². The molecule has 3 N–H and O–H groups in total. The number of hydroxylamine groups is 1. The summed E-state index contributed by atoms with van der Waals surface area (Å²) in [5.74, 6) is 0.680. The van der Waals surface area contributed by atoms with Crippen molar-refractivity contribution in [1.29, 1.82) is 0 Å². The molecule has 0 aliphatic heterocycles. The molecule has 2 aromatic carbocycles. The summed E-state index contributed by atoms with van der Waals surface area (Å²) >= 11 is 0. The Balaban J connectivity index is 1.59. The Morgan fingerprint density at radius 1 is 1.12 bits per heavy atom. The Hall–Kier alpha value is -3.61. The van der Waals surface area contributed by atoms with Crippen LogP contribution in [0.2, 0.25) is 0 Å². The molecule has 2 aromatic heterocycles. The molecule has 0 aliphatic rings. The van der Waals surface area contributed by atoms with Crippen LogP contribution in [0.25, 0.3) is 10.9 Å². The summed E-state index contributed by atoms with van der Waals surface area (Å²) in [4.78, 5) is 13.5. The van der Waals surface area contributed by atoms with Gasteiger partial charge in [0.1, 0.15) is 11.6 Å². The van der Waals surface area contributed by atoms with Crippen molar-refractivity contribution < 1.29 is 17.6 Å². The Labute approximate surface area is 183 Å². The van der Waals surface area contributed by atoms with Crippen molar-refractivity contribution in [2.45, 2.75) is 11.8 Å². The first-order valence-corrected chi connectivity index (χ1v) is 10.9. The number of H-pyrrole nitrogens is 1. The number of nitrogens with zero attached hydrogens (tertiary/aromatic N) is 4. The SMILES string of the molecule is CON(C)S(=O)(=O)c1cc(Nc2nccc(Nc3n[nH]c4ccc(F)cc34)n2)ccc1C. The van der Waals surface area contributed by atoms with E-state index in [1.165, 1.54) is 38.6 Å². The highest BCUT2D eigenvalue weighted by atomic mass is 32.2. The minimum absolute atomic E-state index is 0.0890. The number of nitrogens with one attached hydrogen (secondary N) is 3. The summed E-state index contributed by atoms with van der Waals surface area (Å²) in [5, 5.41) is 13.6. The normalized spacial score (nSPS) is 11.8. The molecular formula is C20H20FN7O3S. The number of rotatable bonds is 7. The number of benzene rings is 2. The number of hydrogen-bond acceptors (Lipinski definition) is 8. The number of aromatic nitrogens is 4. The Bertz CT molecular complexity index is 1390. The van der Waals surface area contributed by atoms with Gasteiger partial charge in [-0.2, -0.15) is 10.1 Å². The third-order valence-electron chi connectivity index (χ3n) is 4.74. The lowest BCUT2D eigenvalue weighted by Crippen LogP contribution is -2.26. The van der Waals surface area contributed by atoms with E-state index in [-0.39, 0.29) is 16.7 Å². The van der Waals surface area contributed by atoms with Crippen molar-refractivity contribution in [2.75, 3.05) is 24.8 Å². The molecule has 4 rings (SSSR count). The number of halogens is 1. The Morgan fingerprint density at radius 3 is 2.72 bits per heavy atom. The summed E-state index contributed by atoms with van der Waals surface area (Å²) in [5.41, 5.74) is 1.72. The van der Waals surface area contributed by atoms with E-state index in [0.717, 1.165) is 4.47 Å². The van der Waals surface area contributed by atoms with Crippen molar-refractivity contribution in [1.82, 2.24) is 24.6 Å². The fraction of sp³-hybridized carbons (Fsp3) is 0.150. The van der Waals surface area contributed by atoms with Crippen molar-refractivity contribution in [3.8, 4) is 0 Å². The number of anilines is 4. The lowest BCUT2D eigenvalue weighted by Gasteiger charge is -2.17. The molecule has 2 heterocycles. The summed E-state index contributed by atoms with van der Waals surface area (Å²) in [7, 11) is -1.23. The molecule has 4 aromatic rings. The van der Waals surface area contributed by atoms with Gasteiger partial charge in [-0.3, -0.25) is 9.94 Å². The lowest BCUT2D eigenvalue weighted by molar-refractivity contribution is -0.0258. The van der Waals surface area contributed by atoms with Crippen molar-refractivity contribution in [3.05, 3.63) is 60.0 Å². The predicted octanol–water partition coefficient (Wildman–Crippen LogP) is 3.47. The monoisotopic (exact) mass is 457 g/mol. The molecule has 0 bridgehead atoms. The van der Waals surface area contributed by atoms with E-state index in [0.29, 0.717) is 33.8 Å². The van der Waals surface area contributed by atoms with Crippen LogP contribution in [-0.2, 0) is 14.9 Å². The van der Waals surface area contributed by atoms with E-state index >= 15 is 0 Å². The second-order valence-corrected chi connectivity index (χ2v) is 8.76. The molecule has 0 amide bonds. The van der Waals surface area contributed by atoms with Crippen LogP contribution in [0.5, 0.6) is 0 Å². The van der Waals surface area contributed by atoms with Gasteiger partial charge in [-0.05, 0) is 48.9 Å². The van der Waals surface area contributed by atoms with E-state index in [4.69, 9.17) is 4.84 Å². The number of sulfonamides is 1. The summed E-state index contributed by atoms with van der Waals surface area (Å²) < 4.78 is 39.7. The molecule has 0 atom stereocenters. The minimum atomic E-state index is -3.83. The fourth-order valence-corrected chi connectivity index (χ4v) is 4.24. The van der Waals surface area contributed by atoms with E-state index in [2.05, 4.69) is 30.8 Å². The first kappa shape index (κ1) is 21.6. The van der Waals surface area contributed by atoms with Crippen LogP contribution in [0.15, 0.2) is 53.6 Å². The highest BCUT2D eigenvalue weighted by molar-refractivity contribution is 7.89. The van der Waals surface area contributed by atoms with Gasteiger partial charge in [0.2, 0.25) is 5.95 Å². The standard InChI is InChI=1S/C20H20FN7O3S/c1-12-4-6-14(11-17(12)32(29,30)28(2)31-3)23-20-22-9-8-18(25-20)24-19-15-10-13(21)5-7-16(15)26-27-19/h4-11H,1-3H3,(H3,22,23,24,25,26,27). The number of fused-ring (bicyclic) bond motifs is 1. The molecule has 166 valence electrons. The number of hydrogen-bond donors (Lipinski definition) is 3. The average molecular weight is 457 g/mol. The van der Waals surface area contributed by atoms with Crippen LogP contribution in [0.4, 0.5) is 27.7 Å². The molecule has 0 saturated carbocycles. The second kappa shape index (κ2) is 8.49. The van der Waals surface area contributed by atoms with E-state index < -0.39 is 10.0 Å². The first-order valence-electron chi connectivity index (χ1n) is 9.42. The first-order chi connectivity index (χ1) is 15.3. The predicted molar refractivity (Wildman–Crippen MR) is 118 cm³/mol. The molecule has 0 spiro atoms. The van der Waals surface area contributed by atoms with Gasteiger partial charge in [0.05, 0.1) is 17.5 Å². The zero-order valence-electron chi connectivity index (χ0n) is 17.4. The van der Waals surface area contributed by atoms with Gasteiger partial charge >= 0.3 is 0 Å². The minimum Gasteiger partial charge on any atom is -0.324 e. The molecule has 0 aliphatic carbocycles. The van der Waals surface area contributed by atoms with E-state index in [9.17, 15) is 12.8 Å². The molecule has 32 heavy (non-hydrogen) atoms. The lowest BCUT2D eigenvalue weighted by atomic mass is 10.2. The average Bonchev–Trinajstić information content (AvgIpc) is 3.16. The van der Waals surface area contributed by atoms with Gasteiger partial charge in [0, 0.05) is 24.3 Å². The largest absolute Gasteiger partial charge is 0.324 e. The summed E-state index contributed by atoms with van der Waals surface area (Å²) in [6.07, 6.45) is 1.53. The third-order valence-corrected chi connectivity index (χ3v) is 6.57. The topological polar surface area (TPSA) is 125 Å². The van der Waals surface area contributed by atoms with Crippen LogP contribution in [0.1, 0.15) is 5.56 Å². The molecule has 0 fully saturated rings. The highest BCUT2D eigenvalue weighted by Gasteiger charge is 2.23. The van der Waals surface area contributed by atoms with Crippen molar-refractivity contribution in [2.24, 2.45) is 0 Å². The zero-order valence-corrected chi connectivity index (χ0v) is 18.2. The highest BCUT2D eigenvalue weighted by Crippen LogP contribution is 2.26. The van der Waals surface area contributed by atoms with Gasteiger partial charge in [0.25, 0.3) is 10.0 Å². The summed E-state index contributed by atoms with van der Waals surface area (Å²) in [6.45, 7) is 1.69. The third kappa shape index (κ3) is 4.23. The maximum Gasteiger partial charge on any atom is 0.265 e. The van der Waals surface area contributed by atoms with Crippen LogP contribution in [0.3, 0.4) is 0 Å². The quantitative estimate of drug-likeness (QED) is 0.360. The maximum atomic E-state index is 13.6. The fourth-order valence-electron chi connectivity index (χ4n) is 3.01.